The van der Waals surface area contributed by atoms with Gasteiger partial charge >= 0.3 is 0 Å². The van der Waals surface area contributed by atoms with Crippen LogP contribution in [0.4, 0.5) is 5.95 Å². The van der Waals surface area contributed by atoms with Gasteiger partial charge in [0.25, 0.3) is 0 Å². The smallest absolute Gasteiger partial charge is 0.241 e. The molecule has 1 unspecified atom stereocenters. The molecule has 2 aromatic rings. The van der Waals surface area contributed by atoms with E-state index in [1.54, 1.807) is 23.3 Å². The van der Waals surface area contributed by atoms with Gasteiger partial charge in [0, 0.05) is 25.0 Å². The maximum absolute atomic E-state index is 5.98. The van der Waals surface area contributed by atoms with Gasteiger partial charge in [-0.05, 0) is 38.3 Å². The van der Waals surface area contributed by atoms with Crippen LogP contribution in [0.15, 0.2) is 18.7 Å². The summed E-state index contributed by atoms with van der Waals surface area (Å²) in [6.07, 6.45) is 6.83. The molecule has 0 amide bonds. The standard InChI is InChI=1S/C13H17ClN6O/c1-13(2)7-9(3-6-21-13)16-11-17-10(14)18-12(19-11)20-5-4-15-8-20/h4-5,8-9H,3,6-7H2,1-2H3,(H,16,17,18,19). The van der Waals surface area contributed by atoms with E-state index >= 15 is 0 Å². The average molecular weight is 309 g/mol. The average Bonchev–Trinajstić information content (AvgIpc) is 2.90. The van der Waals surface area contributed by atoms with Gasteiger partial charge in [0.15, 0.2) is 0 Å². The van der Waals surface area contributed by atoms with Crippen LogP contribution in [0.25, 0.3) is 5.95 Å². The van der Waals surface area contributed by atoms with Gasteiger partial charge < -0.3 is 10.1 Å². The zero-order chi connectivity index (χ0) is 14.9. The normalized spacial score (nSPS) is 21.2. The first-order chi connectivity index (χ1) is 10.0. The predicted molar refractivity (Wildman–Crippen MR) is 78.6 cm³/mol. The van der Waals surface area contributed by atoms with E-state index in [4.69, 9.17) is 16.3 Å². The van der Waals surface area contributed by atoms with Crippen molar-refractivity contribution in [1.29, 1.82) is 0 Å². The number of ether oxygens (including phenoxy) is 1. The van der Waals surface area contributed by atoms with Gasteiger partial charge in [-0.3, -0.25) is 4.57 Å². The van der Waals surface area contributed by atoms with Crippen molar-refractivity contribution >= 4 is 17.5 Å². The van der Waals surface area contributed by atoms with Crippen LogP contribution in [0.5, 0.6) is 0 Å². The van der Waals surface area contributed by atoms with E-state index in [-0.39, 0.29) is 16.9 Å². The zero-order valence-corrected chi connectivity index (χ0v) is 12.7. The number of imidazole rings is 1. The maximum Gasteiger partial charge on any atom is 0.241 e. The molecule has 1 saturated heterocycles. The summed E-state index contributed by atoms with van der Waals surface area (Å²) in [5.74, 6) is 0.919. The highest BCUT2D eigenvalue weighted by atomic mass is 35.5. The molecule has 1 atom stereocenters. The number of aromatic nitrogens is 5. The van der Waals surface area contributed by atoms with E-state index in [0.717, 1.165) is 19.4 Å². The molecular weight excluding hydrogens is 292 g/mol. The van der Waals surface area contributed by atoms with Crippen LogP contribution in [0.2, 0.25) is 5.28 Å². The van der Waals surface area contributed by atoms with Crippen molar-refractivity contribution in [1.82, 2.24) is 24.5 Å². The second-order valence-electron chi connectivity index (χ2n) is 5.64. The summed E-state index contributed by atoms with van der Waals surface area (Å²) in [6, 6.07) is 0.253. The number of nitrogens with one attached hydrogen (secondary N) is 1. The van der Waals surface area contributed by atoms with E-state index in [1.165, 1.54) is 0 Å². The SMILES string of the molecule is CC1(C)CC(Nc2nc(Cl)nc(-n3ccnc3)n2)CCO1. The second-order valence-corrected chi connectivity index (χ2v) is 5.98. The molecule has 7 nitrogen and oxygen atoms in total. The molecule has 1 aliphatic rings. The lowest BCUT2D eigenvalue weighted by molar-refractivity contribution is -0.0553. The van der Waals surface area contributed by atoms with Crippen LogP contribution >= 0.6 is 11.6 Å². The fourth-order valence-corrected chi connectivity index (χ4v) is 2.59. The highest BCUT2D eigenvalue weighted by Gasteiger charge is 2.29. The minimum absolute atomic E-state index is 0.139. The Hall–Kier alpha value is -1.73. The molecule has 21 heavy (non-hydrogen) atoms. The summed E-state index contributed by atoms with van der Waals surface area (Å²) in [7, 11) is 0. The number of anilines is 1. The monoisotopic (exact) mass is 308 g/mol. The zero-order valence-electron chi connectivity index (χ0n) is 12.0. The Balaban J connectivity index is 1.79. The third-order valence-electron chi connectivity index (χ3n) is 3.36. The van der Waals surface area contributed by atoms with Gasteiger partial charge in [-0.15, -0.1) is 0 Å². The van der Waals surface area contributed by atoms with E-state index in [2.05, 4.69) is 39.1 Å². The minimum atomic E-state index is -0.139. The highest BCUT2D eigenvalue weighted by molar-refractivity contribution is 6.28. The topological polar surface area (TPSA) is 77.8 Å². The third-order valence-corrected chi connectivity index (χ3v) is 3.53. The van der Waals surface area contributed by atoms with Gasteiger partial charge in [-0.2, -0.15) is 15.0 Å². The number of rotatable bonds is 3. The van der Waals surface area contributed by atoms with E-state index in [9.17, 15) is 0 Å². The molecule has 3 rings (SSSR count). The molecule has 1 aliphatic heterocycles. The van der Waals surface area contributed by atoms with Crippen LogP contribution in [-0.2, 0) is 4.74 Å². The first-order valence-electron chi connectivity index (χ1n) is 6.82. The van der Waals surface area contributed by atoms with Gasteiger partial charge in [0.2, 0.25) is 17.2 Å². The minimum Gasteiger partial charge on any atom is -0.375 e. The lowest BCUT2D eigenvalue weighted by Crippen LogP contribution is -2.40. The highest BCUT2D eigenvalue weighted by Crippen LogP contribution is 2.25. The Morgan fingerprint density at radius 3 is 2.95 bits per heavy atom. The van der Waals surface area contributed by atoms with Crippen LogP contribution in [-0.4, -0.2) is 42.8 Å². The number of hydrogen-bond acceptors (Lipinski definition) is 6. The third kappa shape index (κ3) is 3.48. The summed E-state index contributed by atoms with van der Waals surface area (Å²) in [5, 5.41) is 3.47. The maximum atomic E-state index is 5.98. The number of hydrogen-bond donors (Lipinski definition) is 1. The summed E-state index contributed by atoms with van der Waals surface area (Å²) < 4.78 is 7.40. The van der Waals surface area contributed by atoms with Crippen molar-refractivity contribution in [2.45, 2.75) is 38.3 Å². The largest absolute Gasteiger partial charge is 0.375 e. The molecule has 112 valence electrons. The molecule has 1 fully saturated rings. The Labute approximate surface area is 127 Å². The lowest BCUT2D eigenvalue weighted by atomic mass is 9.94. The molecule has 0 aromatic carbocycles. The molecule has 0 aliphatic carbocycles. The quantitative estimate of drug-likeness (QED) is 0.935. The summed E-state index contributed by atoms with van der Waals surface area (Å²) in [4.78, 5) is 16.6. The molecule has 0 spiro atoms. The molecule has 1 N–H and O–H groups in total. The molecule has 2 aromatic heterocycles. The van der Waals surface area contributed by atoms with Crippen molar-refractivity contribution in [3.05, 3.63) is 24.0 Å². The van der Waals surface area contributed by atoms with Gasteiger partial charge in [0.05, 0.1) is 5.60 Å². The molecular formula is C13H17ClN6O. The Kier molecular flexibility index (Phi) is 3.77. The Bertz CT molecular complexity index is 615. The lowest BCUT2D eigenvalue weighted by Gasteiger charge is -2.35. The summed E-state index contributed by atoms with van der Waals surface area (Å²) in [5.41, 5.74) is -0.139. The van der Waals surface area contributed by atoms with Crippen LogP contribution in [0, 0.1) is 0 Å². The fraction of sp³-hybridized carbons (Fsp3) is 0.538. The molecule has 0 bridgehead atoms. The summed E-state index contributed by atoms with van der Waals surface area (Å²) in [6.45, 7) is 4.88. The van der Waals surface area contributed by atoms with Crippen LogP contribution in [0.3, 0.4) is 0 Å². The Morgan fingerprint density at radius 2 is 2.24 bits per heavy atom. The van der Waals surface area contributed by atoms with Gasteiger partial charge in [0.1, 0.15) is 6.33 Å². The van der Waals surface area contributed by atoms with Gasteiger partial charge in [-0.1, -0.05) is 0 Å². The number of nitrogens with zero attached hydrogens (tertiary/aromatic N) is 5. The van der Waals surface area contributed by atoms with Crippen molar-refractivity contribution < 1.29 is 4.74 Å². The van der Waals surface area contributed by atoms with Crippen molar-refractivity contribution in [2.75, 3.05) is 11.9 Å². The fourth-order valence-electron chi connectivity index (χ4n) is 2.43. The van der Waals surface area contributed by atoms with E-state index in [0.29, 0.717) is 11.9 Å². The van der Waals surface area contributed by atoms with Crippen molar-refractivity contribution in [3.8, 4) is 5.95 Å². The van der Waals surface area contributed by atoms with Gasteiger partial charge in [-0.25, -0.2) is 4.98 Å². The predicted octanol–water partition coefficient (Wildman–Crippen LogP) is 2.08. The number of halogens is 1. The second kappa shape index (κ2) is 5.57. The van der Waals surface area contributed by atoms with Crippen molar-refractivity contribution in [2.24, 2.45) is 0 Å². The van der Waals surface area contributed by atoms with Crippen LogP contribution < -0.4 is 5.32 Å². The van der Waals surface area contributed by atoms with Crippen LogP contribution in [0.1, 0.15) is 26.7 Å². The van der Waals surface area contributed by atoms with E-state index < -0.39 is 0 Å². The molecule has 8 heteroatoms. The first-order valence-corrected chi connectivity index (χ1v) is 7.20. The van der Waals surface area contributed by atoms with Crippen molar-refractivity contribution in [3.63, 3.8) is 0 Å². The molecule has 0 saturated carbocycles. The molecule has 3 heterocycles. The van der Waals surface area contributed by atoms with E-state index in [1.807, 2.05) is 0 Å². The Morgan fingerprint density at radius 1 is 1.38 bits per heavy atom. The summed E-state index contributed by atoms with van der Waals surface area (Å²) >= 11 is 5.98. The first kappa shape index (κ1) is 14.2. The molecule has 0 radical (unpaired) electrons.